The van der Waals surface area contributed by atoms with Crippen LogP contribution in [-0.4, -0.2) is 27.7 Å². The molecule has 0 aliphatic carbocycles. The number of aromatic nitrogens is 1. The Morgan fingerprint density at radius 1 is 1.53 bits per heavy atom. The fraction of sp³-hybridized carbons (Fsp3) is 0.545. The minimum absolute atomic E-state index is 0.0230. The minimum Gasteiger partial charge on any atom is -0.394 e. The van der Waals surface area contributed by atoms with Crippen LogP contribution in [0.4, 0.5) is 11.5 Å². The molecule has 0 saturated heterocycles. The maximum atomic E-state index is 10.4. The number of nitro groups is 1. The monoisotopic (exact) mass is 239 g/mol. The second-order valence-corrected chi connectivity index (χ2v) is 4.32. The zero-order valence-corrected chi connectivity index (χ0v) is 9.96. The zero-order valence-electron chi connectivity index (χ0n) is 9.96. The Bertz CT molecular complexity index is 365. The molecule has 0 aromatic carbocycles. The van der Waals surface area contributed by atoms with E-state index in [4.69, 9.17) is 0 Å². The van der Waals surface area contributed by atoms with Crippen LogP contribution in [0.15, 0.2) is 18.3 Å². The van der Waals surface area contributed by atoms with E-state index in [1.165, 1.54) is 12.3 Å². The Morgan fingerprint density at radius 3 is 2.65 bits per heavy atom. The number of hydrogen-bond acceptors (Lipinski definition) is 5. The van der Waals surface area contributed by atoms with Gasteiger partial charge in [-0.05, 0) is 28.3 Å². The molecule has 1 heterocycles. The molecular weight excluding hydrogens is 222 g/mol. The second kappa shape index (κ2) is 6.15. The van der Waals surface area contributed by atoms with Crippen molar-refractivity contribution in [3.63, 3.8) is 0 Å². The Balaban J connectivity index is 2.64. The number of nitrogens with one attached hydrogen (secondary N) is 1. The van der Waals surface area contributed by atoms with E-state index >= 15 is 0 Å². The summed E-state index contributed by atoms with van der Waals surface area (Å²) in [6.07, 6.45) is 2.23. The van der Waals surface area contributed by atoms with Gasteiger partial charge in [-0.25, -0.2) is 0 Å². The van der Waals surface area contributed by atoms with Crippen molar-refractivity contribution in [1.82, 2.24) is 4.98 Å². The van der Waals surface area contributed by atoms with E-state index in [0.29, 0.717) is 11.6 Å². The normalized spacial score (nSPS) is 12.5. The van der Waals surface area contributed by atoms with Crippen LogP contribution in [-0.2, 0) is 0 Å². The lowest BCUT2D eigenvalue weighted by Gasteiger charge is -2.18. The van der Waals surface area contributed by atoms with Crippen molar-refractivity contribution in [3.8, 4) is 0 Å². The zero-order chi connectivity index (χ0) is 12.8. The molecule has 0 radical (unpaired) electrons. The SMILES string of the molecule is CC(C)CC(CO)Nc1ccc([N+](=O)[O-])nc1. The number of nitrogens with zero attached hydrogens (tertiary/aromatic N) is 2. The van der Waals surface area contributed by atoms with Crippen molar-refractivity contribution >= 4 is 11.5 Å². The summed E-state index contributed by atoms with van der Waals surface area (Å²) in [6, 6.07) is 2.87. The van der Waals surface area contributed by atoms with Gasteiger partial charge >= 0.3 is 5.82 Å². The van der Waals surface area contributed by atoms with Gasteiger partial charge in [-0.15, -0.1) is 0 Å². The molecule has 0 aliphatic heterocycles. The third-order valence-corrected chi connectivity index (χ3v) is 2.28. The van der Waals surface area contributed by atoms with Gasteiger partial charge < -0.3 is 20.5 Å². The average Bonchev–Trinajstić information content (AvgIpc) is 2.28. The molecule has 1 aromatic heterocycles. The Labute approximate surface area is 99.8 Å². The lowest BCUT2D eigenvalue weighted by molar-refractivity contribution is -0.389. The summed E-state index contributed by atoms with van der Waals surface area (Å²) >= 11 is 0. The summed E-state index contributed by atoms with van der Waals surface area (Å²) in [4.78, 5) is 13.6. The van der Waals surface area contributed by atoms with E-state index in [9.17, 15) is 15.2 Å². The molecule has 6 heteroatoms. The topological polar surface area (TPSA) is 88.3 Å². The van der Waals surface area contributed by atoms with E-state index in [2.05, 4.69) is 24.1 Å². The molecule has 0 fully saturated rings. The fourth-order valence-corrected chi connectivity index (χ4v) is 1.56. The predicted molar refractivity (Wildman–Crippen MR) is 64.8 cm³/mol. The van der Waals surface area contributed by atoms with Gasteiger partial charge in [-0.2, -0.15) is 0 Å². The Hall–Kier alpha value is -1.69. The van der Waals surface area contributed by atoms with Gasteiger partial charge in [-0.3, -0.25) is 0 Å². The molecule has 6 nitrogen and oxygen atoms in total. The first-order chi connectivity index (χ1) is 8.02. The number of aliphatic hydroxyl groups is 1. The van der Waals surface area contributed by atoms with Gasteiger partial charge in [0, 0.05) is 12.1 Å². The summed E-state index contributed by atoms with van der Waals surface area (Å²) in [5.74, 6) is 0.283. The molecule has 1 atom stereocenters. The van der Waals surface area contributed by atoms with E-state index in [0.717, 1.165) is 6.42 Å². The lowest BCUT2D eigenvalue weighted by atomic mass is 10.0. The molecule has 0 bridgehead atoms. The fourth-order valence-electron chi connectivity index (χ4n) is 1.56. The summed E-state index contributed by atoms with van der Waals surface area (Å²) in [6.45, 7) is 4.16. The van der Waals surface area contributed by atoms with E-state index in [1.54, 1.807) is 6.07 Å². The van der Waals surface area contributed by atoms with Gasteiger partial charge in [0.25, 0.3) is 0 Å². The Morgan fingerprint density at radius 2 is 2.24 bits per heavy atom. The molecular formula is C11H17N3O3. The van der Waals surface area contributed by atoms with Crippen LogP contribution < -0.4 is 5.32 Å². The first-order valence-electron chi connectivity index (χ1n) is 5.50. The molecule has 0 spiro atoms. The predicted octanol–water partition coefficient (Wildman–Crippen LogP) is 1.81. The highest BCUT2D eigenvalue weighted by atomic mass is 16.6. The summed E-state index contributed by atoms with van der Waals surface area (Å²) in [5.41, 5.74) is 0.676. The van der Waals surface area contributed by atoms with Gasteiger partial charge in [0.15, 0.2) is 6.20 Å². The van der Waals surface area contributed by atoms with Crippen molar-refractivity contribution in [2.75, 3.05) is 11.9 Å². The van der Waals surface area contributed by atoms with Crippen LogP contribution in [0.3, 0.4) is 0 Å². The highest BCUT2D eigenvalue weighted by molar-refractivity contribution is 5.44. The molecule has 94 valence electrons. The van der Waals surface area contributed by atoms with Gasteiger partial charge in [0.2, 0.25) is 0 Å². The third-order valence-electron chi connectivity index (χ3n) is 2.28. The van der Waals surface area contributed by atoms with Gasteiger partial charge in [0.05, 0.1) is 12.3 Å². The standard InChI is InChI=1S/C11H17N3O3/c1-8(2)5-10(7-15)13-9-3-4-11(12-6-9)14(16)17/h3-4,6,8,10,13,15H,5,7H2,1-2H3. The van der Waals surface area contributed by atoms with Crippen LogP contribution in [0.25, 0.3) is 0 Å². The smallest absolute Gasteiger partial charge is 0.363 e. The maximum Gasteiger partial charge on any atom is 0.363 e. The average molecular weight is 239 g/mol. The molecule has 1 unspecified atom stereocenters. The molecule has 17 heavy (non-hydrogen) atoms. The summed E-state index contributed by atoms with van der Waals surface area (Å²) in [5, 5.41) is 22.7. The number of pyridine rings is 1. The summed E-state index contributed by atoms with van der Waals surface area (Å²) < 4.78 is 0. The number of anilines is 1. The molecule has 1 aromatic rings. The number of aliphatic hydroxyl groups excluding tert-OH is 1. The first-order valence-corrected chi connectivity index (χ1v) is 5.50. The van der Waals surface area contributed by atoms with E-state index < -0.39 is 4.92 Å². The van der Waals surface area contributed by atoms with Crippen LogP contribution in [0.1, 0.15) is 20.3 Å². The van der Waals surface area contributed by atoms with Crippen LogP contribution in [0, 0.1) is 16.0 Å². The van der Waals surface area contributed by atoms with Crippen LogP contribution in [0.5, 0.6) is 0 Å². The van der Waals surface area contributed by atoms with Crippen molar-refractivity contribution in [1.29, 1.82) is 0 Å². The number of rotatable bonds is 6. The van der Waals surface area contributed by atoms with Crippen LogP contribution in [0.2, 0.25) is 0 Å². The molecule has 0 aliphatic rings. The quantitative estimate of drug-likeness (QED) is 0.583. The highest BCUT2D eigenvalue weighted by Gasteiger charge is 2.12. The molecule has 1 rings (SSSR count). The van der Waals surface area contributed by atoms with Crippen LogP contribution >= 0.6 is 0 Å². The van der Waals surface area contributed by atoms with Crippen molar-refractivity contribution in [2.24, 2.45) is 5.92 Å². The van der Waals surface area contributed by atoms with Gasteiger partial charge in [0.1, 0.15) is 0 Å². The molecule has 2 N–H and O–H groups in total. The van der Waals surface area contributed by atoms with Crippen molar-refractivity contribution < 1.29 is 10.0 Å². The first kappa shape index (κ1) is 13.4. The van der Waals surface area contributed by atoms with E-state index in [1.807, 2.05) is 0 Å². The Kier molecular flexibility index (Phi) is 4.84. The van der Waals surface area contributed by atoms with E-state index in [-0.39, 0.29) is 18.5 Å². The minimum atomic E-state index is -0.540. The van der Waals surface area contributed by atoms with Gasteiger partial charge in [-0.1, -0.05) is 13.8 Å². The molecule has 0 amide bonds. The second-order valence-electron chi connectivity index (χ2n) is 4.32. The lowest BCUT2D eigenvalue weighted by Crippen LogP contribution is -2.25. The highest BCUT2D eigenvalue weighted by Crippen LogP contribution is 2.14. The van der Waals surface area contributed by atoms with Crippen molar-refractivity contribution in [3.05, 3.63) is 28.4 Å². The third kappa shape index (κ3) is 4.36. The summed E-state index contributed by atoms with van der Waals surface area (Å²) in [7, 11) is 0. The largest absolute Gasteiger partial charge is 0.394 e. The maximum absolute atomic E-state index is 10.4. The van der Waals surface area contributed by atoms with Crippen molar-refractivity contribution in [2.45, 2.75) is 26.3 Å². The molecule has 0 saturated carbocycles. The number of hydrogen-bond donors (Lipinski definition) is 2.